The number of aryl methyl sites for hydroxylation is 1. The molecule has 2 heterocycles. The third kappa shape index (κ3) is 4.91. The van der Waals surface area contributed by atoms with Gasteiger partial charge in [-0.3, -0.25) is 19.1 Å². The summed E-state index contributed by atoms with van der Waals surface area (Å²) in [6.45, 7) is 1.84. The van der Waals surface area contributed by atoms with Gasteiger partial charge in [-0.2, -0.15) is 0 Å². The van der Waals surface area contributed by atoms with Crippen molar-refractivity contribution >= 4 is 26.5 Å². The van der Waals surface area contributed by atoms with Crippen molar-refractivity contribution < 1.29 is 17.6 Å². The number of anilines is 1. The predicted octanol–water partition coefficient (Wildman–Crippen LogP) is 4.29. The summed E-state index contributed by atoms with van der Waals surface area (Å²) in [6.07, 6.45) is 2.52. The number of methoxy groups -OCH3 is 1. The number of hydrogen-bond donors (Lipinski definition) is 2. The Morgan fingerprint density at radius 2 is 1.65 bits per heavy atom. The number of rotatable bonds is 6. The first-order valence-corrected chi connectivity index (χ1v) is 13.1. The zero-order valence-corrected chi connectivity index (χ0v) is 21.0. The molecule has 0 unspecified atom stereocenters. The Morgan fingerprint density at radius 1 is 0.919 bits per heavy atom. The first-order valence-electron chi connectivity index (χ1n) is 11.2. The molecule has 10 heteroatoms. The van der Waals surface area contributed by atoms with Crippen LogP contribution in [-0.4, -0.2) is 31.3 Å². The number of benzene rings is 3. The number of furan rings is 1. The minimum atomic E-state index is -3.40. The first-order chi connectivity index (χ1) is 17.6. The highest BCUT2D eigenvalue weighted by Gasteiger charge is 2.19. The Kier molecular flexibility index (Phi) is 5.96. The third-order valence-corrected chi connectivity index (χ3v) is 6.45. The standard InChI is InChI=1S/C27H23N3O6S/c1-16-4-9-24(36-16)23-15-21(30-11-10-25(31)28-27(30)32)14-22(26(23)35-2)19-6-5-18-13-20(29-37(3,33)34)8-7-17(18)12-19/h4-15,29H,1-3H3,(H,28,31,32). The molecule has 0 spiro atoms. The molecule has 2 N–H and O–H groups in total. The number of ether oxygens (including phenoxy) is 1. The van der Waals surface area contributed by atoms with Crippen LogP contribution in [0.2, 0.25) is 0 Å². The lowest BCUT2D eigenvalue weighted by Gasteiger charge is -2.17. The largest absolute Gasteiger partial charge is 0.495 e. The van der Waals surface area contributed by atoms with Gasteiger partial charge in [0, 0.05) is 23.5 Å². The Morgan fingerprint density at radius 3 is 2.32 bits per heavy atom. The molecule has 0 aliphatic carbocycles. The van der Waals surface area contributed by atoms with Crippen molar-refractivity contribution in [3.05, 3.63) is 99.5 Å². The highest BCUT2D eigenvalue weighted by molar-refractivity contribution is 7.92. The number of aromatic nitrogens is 2. The molecule has 0 amide bonds. The topological polar surface area (TPSA) is 123 Å². The summed E-state index contributed by atoms with van der Waals surface area (Å²) >= 11 is 0. The van der Waals surface area contributed by atoms with E-state index in [-0.39, 0.29) is 0 Å². The highest BCUT2D eigenvalue weighted by Crippen LogP contribution is 2.42. The van der Waals surface area contributed by atoms with Crippen LogP contribution in [0.15, 0.2) is 86.9 Å². The zero-order chi connectivity index (χ0) is 26.3. The average molecular weight is 518 g/mol. The van der Waals surface area contributed by atoms with Crippen LogP contribution < -0.4 is 20.7 Å². The van der Waals surface area contributed by atoms with Crippen molar-refractivity contribution in [1.29, 1.82) is 0 Å². The van der Waals surface area contributed by atoms with Gasteiger partial charge >= 0.3 is 5.69 Å². The Balaban J connectivity index is 1.73. The fourth-order valence-electron chi connectivity index (χ4n) is 4.26. The van der Waals surface area contributed by atoms with E-state index in [1.165, 1.54) is 16.8 Å². The molecule has 188 valence electrons. The Bertz CT molecular complexity index is 1880. The second kappa shape index (κ2) is 9.14. The van der Waals surface area contributed by atoms with Crippen LogP contribution in [-0.2, 0) is 10.0 Å². The monoisotopic (exact) mass is 517 g/mol. The molecule has 2 aromatic heterocycles. The molecule has 5 aromatic rings. The fourth-order valence-corrected chi connectivity index (χ4v) is 4.82. The van der Waals surface area contributed by atoms with Crippen LogP contribution in [0.5, 0.6) is 5.75 Å². The van der Waals surface area contributed by atoms with Crippen molar-refractivity contribution in [2.24, 2.45) is 0 Å². The number of nitrogens with one attached hydrogen (secondary N) is 2. The van der Waals surface area contributed by atoms with Gasteiger partial charge in [0.05, 0.1) is 24.6 Å². The number of fused-ring (bicyclic) bond motifs is 1. The summed E-state index contributed by atoms with van der Waals surface area (Å²) in [5, 5.41) is 1.71. The highest BCUT2D eigenvalue weighted by atomic mass is 32.2. The summed E-state index contributed by atoms with van der Waals surface area (Å²) in [4.78, 5) is 26.5. The second-order valence-corrected chi connectivity index (χ2v) is 10.4. The number of sulfonamides is 1. The third-order valence-electron chi connectivity index (χ3n) is 5.84. The summed E-state index contributed by atoms with van der Waals surface area (Å²) in [5.74, 6) is 1.83. The summed E-state index contributed by atoms with van der Waals surface area (Å²) in [5.41, 5.74) is 2.04. The van der Waals surface area contributed by atoms with Gasteiger partial charge in [-0.15, -0.1) is 0 Å². The molecular weight excluding hydrogens is 494 g/mol. The number of hydrogen-bond acceptors (Lipinski definition) is 6. The lowest BCUT2D eigenvalue weighted by Crippen LogP contribution is -2.27. The van der Waals surface area contributed by atoms with Crippen LogP contribution in [0.4, 0.5) is 5.69 Å². The Labute approximate surface area is 212 Å². The molecule has 0 saturated carbocycles. The maximum Gasteiger partial charge on any atom is 0.332 e. The molecule has 0 saturated heterocycles. The van der Waals surface area contributed by atoms with E-state index in [4.69, 9.17) is 9.15 Å². The molecule has 0 radical (unpaired) electrons. The molecule has 37 heavy (non-hydrogen) atoms. The molecular formula is C27H23N3O6S. The SMILES string of the molecule is COc1c(-c2ccc3cc(NS(C)(=O)=O)ccc3c2)cc(-n2ccc(=O)[nH]c2=O)cc1-c1ccc(C)o1. The lowest BCUT2D eigenvalue weighted by atomic mass is 9.96. The van der Waals surface area contributed by atoms with E-state index in [0.29, 0.717) is 34.0 Å². The van der Waals surface area contributed by atoms with E-state index in [1.54, 1.807) is 31.4 Å². The minimum Gasteiger partial charge on any atom is -0.495 e. The summed E-state index contributed by atoms with van der Waals surface area (Å²) in [7, 11) is -1.83. The maximum atomic E-state index is 12.6. The van der Waals surface area contributed by atoms with E-state index in [9.17, 15) is 18.0 Å². The van der Waals surface area contributed by atoms with Crippen LogP contribution in [0.25, 0.3) is 38.9 Å². The molecule has 0 fully saturated rings. The van der Waals surface area contributed by atoms with Crippen LogP contribution in [0.1, 0.15) is 5.76 Å². The average Bonchev–Trinajstić information content (AvgIpc) is 3.28. The molecule has 0 bridgehead atoms. The van der Waals surface area contributed by atoms with Gasteiger partial charge in [0.25, 0.3) is 5.56 Å². The van der Waals surface area contributed by atoms with E-state index in [1.807, 2.05) is 43.3 Å². The van der Waals surface area contributed by atoms with E-state index < -0.39 is 21.3 Å². The second-order valence-electron chi connectivity index (χ2n) is 8.62. The van der Waals surface area contributed by atoms with Crippen molar-refractivity contribution in [1.82, 2.24) is 9.55 Å². The van der Waals surface area contributed by atoms with Crippen molar-refractivity contribution in [2.75, 3.05) is 18.1 Å². The number of H-pyrrole nitrogens is 1. The van der Waals surface area contributed by atoms with Gasteiger partial charge in [0.2, 0.25) is 10.0 Å². The number of nitrogens with zero attached hydrogens (tertiary/aromatic N) is 1. The van der Waals surface area contributed by atoms with Gasteiger partial charge in [-0.05, 0) is 65.7 Å². The predicted molar refractivity (Wildman–Crippen MR) is 143 cm³/mol. The molecule has 0 atom stereocenters. The zero-order valence-electron chi connectivity index (χ0n) is 20.2. The van der Waals surface area contributed by atoms with Gasteiger partial charge in [0.15, 0.2) is 0 Å². The number of aromatic amines is 1. The van der Waals surface area contributed by atoms with Crippen LogP contribution >= 0.6 is 0 Å². The van der Waals surface area contributed by atoms with Crippen molar-refractivity contribution in [3.8, 4) is 33.9 Å². The maximum absolute atomic E-state index is 12.6. The van der Waals surface area contributed by atoms with Crippen molar-refractivity contribution in [2.45, 2.75) is 6.92 Å². The van der Waals surface area contributed by atoms with E-state index >= 15 is 0 Å². The summed E-state index contributed by atoms with van der Waals surface area (Å²) < 4.78 is 38.8. The normalized spacial score (nSPS) is 11.5. The van der Waals surface area contributed by atoms with Gasteiger partial charge in [-0.1, -0.05) is 18.2 Å². The molecule has 3 aromatic carbocycles. The Hall–Kier alpha value is -4.57. The molecule has 9 nitrogen and oxygen atoms in total. The van der Waals surface area contributed by atoms with Gasteiger partial charge in [-0.25, -0.2) is 13.2 Å². The fraction of sp³-hybridized carbons (Fsp3) is 0.111. The molecule has 0 aliphatic heterocycles. The van der Waals surface area contributed by atoms with Gasteiger partial charge < -0.3 is 9.15 Å². The van der Waals surface area contributed by atoms with E-state index in [0.717, 1.165) is 28.4 Å². The minimum absolute atomic E-state index is 0.468. The van der Waals surface area contributed by atoms with E-state index in [2.05, 4.69) is 9.71 Å². The smallest absolute Gasteiger partial charge is 0.332 e. The quantitative estimate of drug-likeness (QED) is 0.346. The first kappa shape index (κ1) is 24.1. The molecule has 5 rings (SSSR count). The van der Waals surface area contributed by atoms with Crippen LogP contribution in [0.3, 0.4) is 0 Å². The lowest BCUT2D eigenvalue weighted by molar-refractivity contribution is 0.416. The van der Waals surface area contributed by atoms with Gasteiger partial charge in [0.1, 0.15) is 17.3 Å². The van der Waals surface area contributed by atoms with Crippen molar-refractivity contribution in [3.63, 3.8) is 0 Å². The van der Waals surface area contributed by atoms with Crippen LogP contribution in [0, 0.1) is 6.92 Å². The molecule has 0 aliphatic rings. The summed E-state index contributed by atoms with van der Waals surface area (Å²) in [6, 6.07) is 19.5.